The molecule has 0 aromatic heterocycles. The SMILES string of the molecule is COCCCC(=O)N[C@@H]1c2ccccc2C[C@@H]1O. The van der Waals surface area contributed by atoms with Gasteiger partial charge in [-0.15, -0.1) is 0 Å². The Morgan fingerprint density at radius 1 is 1.50 bits per heavy atom. The zero-order valence-electron chi connectivity index (χ0n) is 10.6. The first-order valence-corrected chi connectivity index (χ1v) is 6.26. The Labute approximate surface area is 107 Å². The van der Waals surface area contributed by atoms with E-state index in [-0.39, 0.29) is 11.9 Å². The topological polar surface area (TPSA) is 58.6 Å². The summed E-state index contributed by atoms with van der Waals surface area (Å²) in [5.74, 6) is -0.0344. The molecule has 0 radical (unpaired) electrons. The Morgan fingerprint density at radius 2 is 2.28 bits per heavy atom. The summed E-state index contributed by atoms with van der Waals surface area (Å²) in [6.45, 7) is 0.581. The van der Waals surface area contributed by atoms with Crippen molar-refractivity contribution in [3.05, 3.63) is 35.4 Å². The number of methoxy groups -OCH3 is 1. The lowest BCUT2D eigenvalue weighted by Crippen LogP contribution is -2.33. The van der Waals surface area contributed by atoms with Crippen LogP contribution in [0.25, 0.3) is 0 Å². The number of aliphatic hydroxyl groups is 1. The number of carbonyl (C=O) groups excluding carboxylic acids is 1. The molecule has 1 aliphatic carbocycles. The summed E-state index contributed by atoms with van der Waals surface area (Å²) in [6.07, 6.45) is 1.22. The molecule has 4 heteroatoms. The molecule has 1 amide bonds. The van der Waals surface area contributed by atoms with Crippen molar-refractivity contribution in [3.8, 4) is 0 Å². The average Bonchev–Trinajstić information content (AvgIpc) is 2.67. The number of ether oxygens (including phenoxy) is 1. The number of nitrogens with one attached hydrogen (secondary N) is 1. The third-order valence-electron chi connectivity index (χ3n) is 3.27. The van der Waals surface area contributed by atoms with Gasteiger partial charge >= 0.3 is 0 Å². The number of hydrogen-bond acceptors (Lipinski definition) is 3. The van der Waals surface area contributed by atoms with Crippen LogP contribution < -0.4 is 5.32 Å². The molecule has 2 atom stereocenters. The maximum absolute atomic E-state index is 11.8. The Kier molecular flexibility index (Phi) is 4.33. The second-order valence-corrected chi connectivity index (χ2v) is 4.61. The van der Waals surface area contributed by atoms with E-state index >= 15 is 0 Å². The number of fused-ring (bicyclic) bond motifs is 1. The molecule has 1 aromatic carbocycles. The van der Waals surface area contributed by atoms with E-state index in [0.717, 1.165) is 11.1 Å². The second-order valence-electron chi connectivity index (χ2n) is 4.61. The predicted octanol–water partition coefficient (Wildman–Crippen LogP) is 1.19. The van der Waals surface area contributed by atoms with Gasteiger partial charge in [-0.1, -0.05) is 24.3 Å². The van der Waals surface area contributed by atoms with Gasteiger partial charge in [-0.2, -0.15) is 0 Å². The van der Waals surface area contributed by atoms with Gasteiger partial charge in [0, 0.05) is 26.6 Å². The minimum absolute atomic E-state index is 0.0344. The molecule has 0 heterocycles. The third-order valence-corrected chi connectivity index (χ3v) is 3.27. The van der Waals surface area contributed by atoms with Crippen LogP contribution in [0, 0.1) is 0 Å². The minimum Gasteiger partial charge on any atom is -0.390 e. The molecule has 2 rings (SSSR count). The quantitative estimate of drug-likeness (QED) is 0.771. The van der Waals surface area contributed by atoms with Crippen molar-refractivity contribution in [1.82, 2.24) is 5.32 Å². The molecule has 1 aromatic rings. The standard InChI is InChI=1S/C14H19NO3/c1-18-8-4-7-13(17)15-14-11-6-3-2-5-10(11)9-12(14)16/h2-3,5-6,12,14,16H,4,7-9H2,1H3,(H,15,17)/t12-,14+/m0/s1. The van der Waals surface area contributed by atoms with Gasteiger partial charge in [0.1, 0.15) is 0 Å². The van der Waals surface area contributed by atoms with E-state index in [1.165, 1.54) is 0 Å². The number of rotatable bonds is 5. The Bertz CT molecular complexity index is 419. The zero-order valence-corrected chi connectivity index (χ0v) is 10.6. The van der Waals surface area contributed by atoms with Crippen molar-refractivity contribution in [3.63, 3.8) is 0 Å². The van der Waals surface area contributed by atoms with E-state index in [9.17, 15) is 9.90 Å². The normalized spacial score (nSPS) is 21.7. The fraction of sp³-hybridized carbons (Fsp3) is 0.500. The smallest absolute Gasteiger partial charge is 0.220 e. The molecule has 0 unspecified atom stereocenters. The van der Waals surface area contributed by atoms with Gasteiger partial charge in [-0.05, 0) is 17.5 Å². The van der Waals surface area contributed by atoms with Gasteiger partial charge in [0.2, 0.25) is 5.91 Å². The number of carbonyl (C=O) groups is 1. The van der Waals surface area contributed by atoms with Crippen LogP contribution in [-0.4, -0.2) is 30.8 Å². The lowest BCUT2D eigenvalue weighted by molar-refractivity contribution is -0.122. The fourth-order valence-electron chi connectivity index (χ4n) is 2.37. The summed E-state index contributed by atoms with van der Waals surface area (Å²) in [4.78, 5) is 11.8. The van der Waals surface area contributed by atoms with Crippen LogP contribution in [0.5, 0.6) is 0 Å². The highest BCUT2D eigenvalue weighted by atomic mass is 16.5. The molecule has 0 bridgehead atoms. The van der Waals surface area contributed by atoms with Crippen LogP contribution in [0.2, 0.25) is 0 Å². The van der Waals surface area contributed by atoms with Crippen molar-refractivity contribution in [2.75, 3.05) is 13.7 Å². The molecule has 98 valence electrons. The molecule has 2 N–H and O–H groups in total. The molecule has 0 fully saturated rings. The third kappa shape index (κ3) is 2.89. The molecule has 0 aliphatic heterocycles. The highest BCUT2D eigenvalue weighted by molar-refractivity contribution is 5.76. The average molecular weight is 249 g/mol. The van der Waals surface area contributed by atoms with Gasteiger partial charge in [-0.3, -0.25) is 4.79 Å². The number of aliphatic hydroxyl groups excluding tert-OH is 1. The summed E-state index contributed by atoms with van der Waals surface area (Å²) in [7, 11) is 1.62. The Hall–Kier alpha value is -1.39. The summed E-state index contributed by atoms with van der Waals surface area (Å²) in [5, 5.41) is 12.9. The van der Waals surface area contributed by atoms with Gasteiger partial charge in [0.25, 0.3) is 0 Å². The minimum atomic E-state index is -0.520. The van der Waals surface area contributed by atoms with Crippen molar-refractivity contribution in [2.45, 2.75) is 31.4 Å². The fourth-order valence-corrected chi connectivity index (χ4v) is 2.37. The zero-order chi connectivity index (χ0) is 13.0. The summed E-state index contributed by atoms with van der Waals surface area (Å²) >= 11 is 0. The molecule has 1 aliphatic rings. The van der Waals surface area contributed by atoms with Crippen LogP contribution in [0.4, 0.5) is 0 Å². The molecular formula is C14H19NO3. The molecular weight excluding hydrogens is 230 g/mol. The second kappa shape index (κ2) is 5.98. The first-order chi connectivity index (χ1) is 8.72. The van der Waals surface area contributed by atoms with Crippen LogP contribution in [0.1, 0.15) is 30.0 Å². The van der Waals surface area contributed by atoms with Gasteiger partial charge in [0.05, 0.1) is 12.1 Å². The Balaban J connectivity index is 1.95. The van der Waals surface area contributed by atoms with Gasteiger partial charge in [-0.25, -0.2) is 0 Å². The first kappa shape index (κ1) is 13.1. The van der Waals surface area contributed by atoms with Crippen molar-refractivity contribution in [2.24, 2.45) is 0 Å². The van der Waals surface area contributed by atoms with Crippen LogP contribution in [0.3, 0.4) is 0 Å². The lowest BCUT2D eigenvalue weighted by atomic mass is 10.1. The van der Waals surface area contributed by atoms with Gasteiger partial charge < -0.3 is 15.2 Å². The van der Waals surface area contributed by atoms with Crippen molar-refractivity contribution < 1.29 is 14.6 Å². The number of hydrogen-bond donors (Lipinski definition) is 2. The van der Waals surface area contributed by atoms with E-state index in [1.807, 2.05) is 24.3 Å². The van der Waals surface area contributed by atoms with Crippen molar-refractivity contribution in [1.29, 1.82) is 0 Å². The monoisotopic (exact) mass is 249 g/mol. The highest BCUT2D eigenvalue weighted by Gasteiger charge is 2.31. The summed E-state index contributed by atoms with van der Waals surface area (Å²) in [5.41, 5.74) is 2.15. The largest absolute Gasteiger partial charge is 0.390 e. The predicted molar refractivity (Wildman–Crippen MR) is 68.1 cm³/mol. The number of benzene rings is 1. The molecule has 18 heavy (non-hydrogen) atoms. The van der Waals surface area contributed by atoms with Crippen LogP contribution >= 0.6 is 0 Å². The maximum atomic E-state index is 11.8. The van der Waals surface area contributed by atoms with Crippen molar-refractivity contribution >= 4 is 5.91 Å². The Morgan fingerprint density at radius 3 is 3.06 bits per heavy atom. The van der Waals surface area contributed by atoms with E-state index in [0.29, 0.717) is 25.9 Å². The molecule has 0 saturated heterocycles. The van der Waals surface area contributed by atoms with E-state index in [1.54, 1.807) is 7.11 Å². The van der Waals surface area contributed by atoms with Crippen LogP contribution in [-0.2, 0) is 16.0 Å². The summed E-state index contributed by atoms with van der Waals surface area (Å²) in [6, 6.07) is 7.58. The van der Waals surface area contributed by atoms with Gasteiger partial charge in [0.15, 0.2) is 0 Å². The summed E-state index contributed by atoms with van der Waals surface area (Å²) < 4.78 is 4.91. The molecule has 4 nitrogen and oxygen atoms in total. The number of amides is 1. The van der Waals surface area contributed by atoms with E-state index < -0.39 is 6.10 Å². The lowest BCUT2D eigenvalue weighted by Gasteiger charge is -2.17. The van der Waals surface area contributed by atoms with E-state index in [4.69, 9.17) is 4.74 Å². The molecule has 0 spiro atoms. The van der Waals surface area contributed by atoms with Crippen LogP contribution in [0.15, 0.2) is 24.3 Å². The molecule has 0 saturated carbocycles. The highest BCUT2D eigenvalue weighted by Crippen LogP contribution is 2.31. The first-order valence-electron chi connectivity index (χ1n) is 6.26. The maximum Gasteiger partial charge on any atom is 0.220 e. The van der Waals surface area contributed by atoms with E-state index in [2.05, 4.69) is 5.32 Å².